The van der Waals surface area contributed by atoms with Gasteiger partial charge in [-0.3, -0.25) is 4.98 Å². The molecule has 0 amide bonds. The van der Waals surface area contributed by atoms with Gasteiger partial charge in [-0.15, -0.1) is 0 Å². The molecule has 17 heavy (non-hydrogen) atoms. The first-order valence-electron chi connectivity index (χ1n) is 6.92. The first kappa shape index (κ1) is 12.6. The van der Waals surface area contributed by atoms with E-state index in [9.17, 15) is 0 Å². The molecule has 0 saturated heterocycles. The zero-order valence-corrected chi connectivity index (χ0v) is 11.1. The van der Waals surface area contributed by atoms with Crippen LogP contribution in [0.4, 0.5) is 0 Å². The molecule has 0 fully saturated rings. The minimum absolute atomic E-state index is 0.715. The first-order valence-corrected chi connectivity index (χ1v) is 6.92. The monoisotopic (exact) mass is 232 g/mol. The Morgan fingerprint density at radius 2 is 2.35 bits per heavy atom. The molecule has 94 valence electrons. The van der Waals surface area contributed by atoms with Gasteiger partial charge in [-0.25, -0.2) is 0 Å². The number of rotatable bonds is 6. The van der Waals surface area contributed by atoms with Crippen LogP contribution < -0.4 is 5.32 Å². The lowest BCUT2D eigenvalue weighted by Crippen LogP contribution is -2.21. The van der Waals surface area contributed by atoms with Crippen LogP contribution >= 0.6 is 0 Å². The molecule has 1 atom stereocenters. The van der Waals surface area contributed by atoms with Crippen LogP contribution in [0.2, 0.25) is 0 Å². The Morgan fingerprint density at radius 1 is 1.47 bits per heavy atom. The highest BCUT2D eigenvalue weighted by Gasteiger charge is 2.22. The van der Waals surface area contributed by atoms with E-state index in [-0.39, 0.29) is 0 Å². The van der Waals surface area contributed by atoms with E-state index in [1.165, 1.54) is 36.9 Å². The zero-order valence-electron chi connectivity index (χ0n) is 11.1. The third-order valence-electron chi connectivity index (χ3n) is 3.53. The summed E-state index contributed by atoms with van der Waals surface area (Å²) in [6.07, 6.45) is 7.03. The van der Waals surface area contributed by atoms with E-state index in [0.717, 1.165) is 19.0 Å². The van der Waals surface area contributed by atoms with E-state index in [2.05, 4.69) is 36.3 Å². The van der Waals surface area contributed by atoms with Gasteiger partial charge in [-0.1, -0.05) is 19.9 Å². The van der Waals surface area contributed by atoms with Crippen molar-refractivity contribution in [2.75, 3.05) is 13.1 Å². The minimum Gasteiger partial charge on any atom is -0.316 e. The third-order valence-corrected chi connectivity index (χ3v) is 3.53. The Morgan fingerprint density at radius 3 is 3.18 bits per heavy atom. The lowest BCUT2D eigenvalue weighted by Gasteiger charge is -2.11. The molecule has 0 aliphatic heterocycles. The second-order valence-electron chi connectivity index (χ2n) is 5.52. The molecule has 0 radical (unpaired) electrons. The molecular weight excluding hydrogens is 208 g/mol. The predicted octanol–water partition coefficient (Wildman–Crippen LogP) is 3.14. The number of hydrogen-bond donors (Lipinski definition) is 1. The summed E-state index contributed by atoms with van der Waals surface area (Å²) in [6.45, 7) is 6.80. The van der Waals surface area contributed by atoms with Gasteiger partial charge in [-0.2, -0.15) is 0 Å². The quantitative estimate of drug-likeness (QED) is 0.762. The molecule has 2 heteroatoms. The van der Waals surface area contributed by atoms with E-state index in [0.29, 0.717) is 5.92 Å². The Bertz CT molecular complexity index is 347. The van der Waals surface area contributed by atoms with Crippen molar-refractivity contribution in [2.24, 2.45) is 5.92 Å². The van der Waals surface area contributed by atoms with Gasteiger partial charge >= 0.3 is 0 Å². The SMILES string of the molecule is CC(C)CNCCCC1CCc2cccnc21. The molecule has 1 aliphatic rings. The van der Waals surface area contributed by atoms with Gasteiger partial charge in [0.15, 0.2) is 0 Å². The van der Waals surface area contributed by atoms with E-state index in [1.54, 1.807) is 0 Å². The summed E-state index contributed by atoms with van der Waals surface area (Å²) < 4.78 is 0. The summed E-state index contributed by atoms with van der Waals surface area (Å²) in [5.41, 5.74) is 2.85. The maximum atomic E-state index is 4.55. The Hall–Kier alpha value is -0.890. The predicted molar refractivity (Wildman–Crippen MR) is 72.2 cm³/mol. The van der Waals surface area contributed by atoms with Crippen LogP contribution in [0.1, 0.15) is 50.3 Å². The molecule has 1 N–H and O–H groups in total. The maximum absolute atomic E-state index is 4.55. The first-order chi connectivity index (χ1) is 8.27. The molecule has 0 saturated carbocycles. The smallest absolute Gasteiger partial charge is 0.0466 e. The van der Waals surface area contributed by atoms with Gasteiger partial charge in [0.1, 0.15) is 0 Å². The lowest BCUT2D eigenvalue weighted by molar-refractivity contribution is 0.509. The fraction of sp³-hybridized carbons (Fsp3) is 0.667. The van der Waals surface area contributed by atoms with E-state index >= 15 is 0 Å². The van der Waals surface area contributed by atoms with E-state index < -0.39 is 0 Å². The van der Waals surface area contributed by atoms with Crippen molar-refractivity contribution in [3.8, 4) is 0 Å². The zero-order chi connectivity index (χ0) is 12.1. The number of aryl methyl sites for hydroxylation is 1. The van der Waals surface area contributed by atoms with Crippen molar-refractivity contribution in [3.63, 3.8) is 0 Å². The van der Waals surface area contributed by atoms with Crippen LogP contribution in [0.3, 0.4) is 0 Å². The van der Waals surface area contributed by atoms with Crippen molar-refractivity contribution in [1.82, 2.24) is 10.3 Å². The lowest BCUT2D eigenvalue weighted by atomic mass is 10.0. The fourth-order valence-electron chi connectivity index (χ4n) is 2.64. The van der Waals surface area contributed by atoms with Gasteiger partial charge in [0.05, 0.1) is 0 Å². The molecule has 1 aliphatic carbocycles. The van der Waals surface area contributed by atoms with Crippen molar-refractivity contribution < 1.29 is 0 Å². The average molecular weight is 232 g/mol. The summed E-state index contributed by atoms with van der Waals surface area (Å²) in [7, 11) is 0. The van der Waals surface area contributed by atoms with Crippen molar-refractivity contribution in [2.45, 2.75) is 45.4 Å². The normalized spacial score (nSPS) is 18.6. The number of hydrogen-bond acceptors (Lipinski definition) is 2. The molecule has 2 nitrogen and oxygen atoms in total. The Kier molecular flexibility index (Phi) is 4.55. The molecule has 0 spiro atoms. The topological polar surface area (TPSA) is 24.9 Å². The molecule has 2 rings (SSSR count). The largest absolute Gasteiger partial charge is 0.316 e. The summed E-state index contributed by atoms with van der Waals surface area (Å²) in [5.74, 6) is 1.47. The molecule has 0 aromatic carbocycles. The Balaban J connectivity index is 1.71. The number of fused-ring (bicyclic) bond motifs is 1. The molecule has 0 bridgehead atoms. The highest BCUT2D eigenvalue weighted by molar-refractivity contribution is 5.28. The van der Waals surface area contributed by atoms with Crippen LogP contribution in [0.5, 0.6) is 0 Å². The molecule has 1 unspecified atom stereocenters. The molecule has 1 aromatic heterocycles. The van der Waals surface area contributed by atoms with Gasteiger partial charge in [0.25, 0.3) is 0 Å². The molecular formula is C15H24N2. The standard InChI is InChI=1S/C15H24N2/c1-12(2)11-16-9-3-5-13-7-8-14-6-4-10-17-15(13)14/h4,6,10,12-13,16H,3,5,7-9,11H2,1-2H3. The van der Waals surface area contributed by atoms with Gasteiger partial charge in [0.2, 0.25) is 0 Å². The second kappa shape index (κ2) is 6.15. The summed E-state index contributed by atoms with van der Waals surface area (Å²) in [4.78, 5) is 4.55. The van der Waals surface area contributed by atoms with E-state index in [1.807, 2.05) is 6.20 Å². The van der Waals surface area contributed by atoms with E-state index in [4.69, 9.17) is 0 Å². The minimum atomic E-state index is 0.715. The average Bonchev–Trinajstić information content (AvgIpc) is 2.72. The van der Waals surface area contributed by atoms with Crippen LogP contribution in [-0.2, 0) is 6.42 Å². The third kappa shape index (κ3) is 3.53. The molecule has 1 aromatic rings. The highest BCUT2D eigenvalue weighted by Crippen LogP contribution is 2.34. The maximum Gasteiger partial charge on any atom is 0.0466 e. The van der Waals surface area contributed by atoms with Crippen LogP contribution in [-0.4, -0.2) is 18.1 Å². The van der Waals surface area contributed by atoms with Crippen LogP contribution in [0.25, 0.3) is 0 Å². The number of pyridine rings is 1. The van der Waals surface area contributed by atoms with Crippen molar-refractivity contribution in [3.05, 3.63) is 29.6 Å². The van der Waals surface area contributed by atoms with Crippen LogP contribution in [0.15, 0.2) is 18.3 Å². The van der Waals surface area contributed by atoms with Crippen molar-refractivity contribution >= 4 is 0 Å². The van der Waals surface area contributed by atoms with Gasteiger partial charge in [-0.05, 0) is 56.3 Å². The fourth-order valence-corrected chi connectivity index (χ4v) is 2.64. The highest BCUT2D eigenvalue weighted by atomic mass is 14.8. The molecule has 1 heterocycles. The second-order valence-corrected chi connectivity index (χ2v) is 5.52. The summed E-state index contributed by atoms with van der Waals surface area (Å²) in [5, 5.41) is 3.51. The van der Waals surface area contributed by atoms with Gasteiger partial charge < -0.3 is 5.32 Å². The summed E-state index contributed by atoms with van der Waals surface area (Å²) >= 11 is 0. The van der Waals surface area contributed by atoms with Crippen LogP contribution in [0, 0.1) is 5.92 Å². The van der Waals surface area contributed by atoms with Crippen molar-refractivity contribution in [1.29, 1.82) is 0 Å². The number of aromatic nitrogens is 1. The van der Waals surface area contributed by atoms with Gasteiger partial charge in [0, 0.05) is 17.8 Å². The Labute approximate surface area is 105 Å². The number of nitrogens with zero attached hydrogens (tertiary/aromatic N) is 1. The number of nitrogens with one attached hydrogen (secondary N) is 1. The summed E-state index contributed by atoms with van der Waals surface area (Å²) in [6, 6.07) is 4.30.